The zero-order valence-electron chi connectivity index (χ0n) is 9.99. The van der Waals surface area contributed by atoms with Crippen LogP contribution in [0.1, 0.15) is 19.8 Å². The van der Waals surface area contributed by atoms with E-state index in [4.69, 9.17) is 16.3 Å². The van der Waals surface area contributed by atoms with E-state index in [1.165, 1.54) is 0 Å². The number of benzene rings is 1. The van der Waals surface area contributed by atoms with Gasteiger partial charge in [0.2, 0.25) is 0 Å². The van der Waals surface area contributed by atoms with Crippen LogP contribution in [-0.4, -0.2) is 18.2 Å². The number of nitrogens with zero attached hydrogens (tertiary/aromatic N) is 1. The molecular weight excluding hydrogens is 316 g/mol. The van der Waals surface area contributed by atoms with Crippen molar-refractivity contribution in [1.29, 1.82) is 5.26 Å². The van der Waals surface area contributed by atoms with Gasteiger partial charge >= 0.3 is 0 Å². The molecular formula is C13H14BrClN2O. The standard InChI is InChI=1S/C13H14BrClN2O/c1-8-2-5-13(18-8)12(7-16)17-9-3-4-11(15)10(14)6-9/h3-4,6,8,12-13,17H,2,5H2,1H3. The molecule has 3 atom stereocenters. The summed E-state index contributed by atoms with van der Waals surface area (Å²) < 4.78 is 6.53. The van der Waals surface area contributed by atoms with Crippen molar-refractivity contribution >= 4 is 33.2 Å². The molecule has 0 saturated carbocycles. The Labute approximate surface area is 120 Å². The average Bonchev–Trinajstić information content (AvgIpc) is 2.77. The van der Waals surface area contributed by atoms with Crippen LogP contribution in [0.5, 0.6) is 0 Å². The Morgan fingerprint density at radius 3 is 2.89 bits per heavy atom. The first-order chi connectivity index (χ1) is 8.60. The van der Waals surface area contributed by atoms with E-state index in [0.29, 0.717) is 5.02 Å². The molecule has 1 aliphatic heterocycles. The summed E-state index contributed by atoms with van der Waals surface area (Å²) >= 11 is 9.30. The summed E-state index contributed by atoms with van der Waals surface area (Å²) in [5, 5.41) is 13.1. The fourth-order valence-corrected chi connectivity index (χ4v) is 2.55. The average molecular weight is 330 g/mol. The maximum absolute atomic E-state index is 9.23. The van der Waals surface area contributed by atoms with Crippen molar-refractivity contribution in [3.63, 3.8) is 0 Å². The first-order valence-electron chi connectivity index (χ1n) is 5.87. The predicted molar refractivity (Wildman–Crippen MR) is 75.7 cm³/mol. The lowest BCUT2D eigenvalue weighted by atomic mass is 10.1. The van der Waals surface area contributed by atoms with E-state index < -0.39 is 0 Å². The second kappa shape index (κ2) is 5.92. The van der Waals surface area contributed by atoms with Gasteiger partial charge in [0.15, 0.2) is 0 Å². The predicted octanol–water partition coefficient (Wildman–Crippen LogP) is 3.97. The van der Waals surface area contributed by atoms with Gasteiger partial charge in [-0.05, 0) is 53.9 Å². The molecule has 1 N–H and O–H groups in total. The lowest BCUT2D eigenvalue weighted by molar-refractivity contribution is 0.0534. The Balaban J connectivity index is 2.06. The molecule has 0 aromatic heterocycles. The SMILES string of the molecule is CC1CCC(C(C#N)Nc2ccc(Cl)c(Br)c2)O1. The van der Waals surface area contributed by atoms with Crippen LogP contribution in [0, 0.1) is 11.3 Å². The van der Waals surface area contributed by atoms with Gasteiger partial charge in [-0.3, -0.25) is 0 Å². The van der Waals surface area contributed by atoms with Gasteiger partial charge in [0.25, 0.3) is 0 Å². The summed E-state index contributed by atoms with van der Waals surface area (Å²) in [6.07, 6.45) is 2.12. The van der Waals surface area contributed by atoms with Crippen LogP contribution in [0.25, 0.3) is 0 Å². The molecule has 0 spiro atoms. The molecule has 3 nitrogen and oxygen atoms in total. The van der Waals surface area contributed by atoms with Crippen LogP contribution in [0.15, 0.2) is 22.7 Å². The molecule has 2 rings (SSSR count). The molecule has 0 bridgehead atoms. The van der Waals surface area contributed by atoms with Crippen LogP contribution in [-0.2, 0) is 4.74 Å². The summed E-state index contributed by atoms with van der Waals surface area (Å²) in [4.78, 5) is 0. The lowest BCUT2D eigenvalue weighted by Gasteiger charge is -2.19. The Hall–Kier alpha value is -0.760. The minimum absolute atomic E-state index is 0.0422. The quantitative estimate of drug-likeness (QED) is 0.912. The number of halogens is 2. The molecule has 1 aromatic carbocycles. The van der Waals surface area contributed by atoms with Crippen LogP contribution < -0.4 is 5.32 Å². The number of hydrogen-bond acceptors (Lipinski definition) is 3. The van der Waals surface area contributed by atoms with Gasteiger partial charge in [0.05, 0.1) is 23.3 Å². The zero-order chi connectivity index (χ0) is 13.1. The Morgan fingerprint density at radius 2 is 2.33 bits per heavy atom. The molecule has 0 aliphatic carbocycles. The number of nitriles is 1. The molecule has 1 fully saturated rings. The molecule has 5 heteroatoms. The van der Waals surface area contributed by atoms with Crippen molar-refractivity contribution in [3.05, 3.63) is 27.7 Å². The van der Waals surface area contributed by atoms with E-state index in [9.17, 15) is 5.26 Å². The first kappa shape index (κ1) is 13.7. The van der Waals surface area contributed by atoms with Gasteiger partial charge in [-0.2, -0.15) is 5.26 Å². The third-order valence-corrected chi connectivity index (χ3v) is 4.23. The molecule has 96 valence electrons. The van der Waals surface area contributed by atoms with E-state index in [1.807, 2.05) is 19.1 Å². The third-order valence-electron chi connectivity index (χ3n) is 3.02. The first-order valence-corrected chi connectivity index (χ1v) is 7.04. The maximum Gasteiger partial charge on any atom is 0.141 e. The molecule has 0 radical (unpaired) electrons. The smallest absolute Gasteiger partial charge is 0.141 e. The van der Waals surface area contributed by atoms with Crippen molar-refractivity contribution < 1.29 is 4.74 Å². The van der Waals surface area contributed by atoms with Crippen molar-refractivity contribution in [3.8, 4) is 6.07 Å². The fourth-order valence-electron chi connectivity index (χ4n) is 2.05. The summed E-state index contributed by atoms with van der Waals surface area (Å²) in [6.45, 7) is 2.04. The van der Waals surface area contributed by atoms with Crippen molar-refractivity contribution in [2.45, 2.75) is 38.0 Å². The Bertz CT molecular complexity index is 475. The highest BCUT2D eigenvalue weighted by molar-refractivity contribution is 9.10. The number of nitrogens with one attached hydrogen (secondary N) is 1. The second-order valence-electron chi connectivity index (χ2n) is 4.44. The monoisotopic (exact) mass is 328 g/mol. The summed E-state index contributed by atoms with van der Waals surface area (Å²) in [7, 11) is 0. The van der Waals surface area contributed by atoms with E-state index in [2.05, 4.69) is 27.3 Å². The number of ether oxygens (including phenoxy) is 1. The normalized spacial score (nSPS) is 24.6. The highest BCUT2D eigenvalue weighted by Gasteiger charge is 2.29. The summed E-state index contributed by atoms with van der Waals surface area (Å²) in [6, 6.07) is 7.45. The van der Waals surface area contributed by atoms with Gasteiger partial charge < -0.3 is 10.1 Å². The van der Waals surface area contributed by atoms with E-state index in [0.717, 1.165) is 23.0 Å². The highest BCUT2D eigenvalue weighted by Crippen LogP contribution is 2.28. The summed E-state index contributed by atoms with van der Waals surface area (Å²) in [5.74, 6) is 0. The lowest BCUT2D eigenvalue weighted by Crippen LogP contribution is -2.32. The topological polar surface area (TPSA) is 45.0 Å². The highest BCUT2D eigenvalue weighted by atomic mass is 79.9. The second-order valence-corrected chi connectivity index (χ2v) is 5.70. The zero-order valence-corrected chi connectivity index (χ0v) is 12.3. The molecule has 1 saturated heterocycles. The number of hydrogen-bond donors (Lipinski definition) is 1. The number of anilines is 1. The Morgan fingerprint density at radius 1 is 1.56 bits per heavy atom. The minimum atomic E-state index is -0.331. The van der Waals surface area contributed by atoms with Crippen LogP contribution >= 0.6 is 27.5 Å². The molecule has 1 aliphatic rings. The van der Waals surface area contributed by atoms with Crippen LogP contribution in [0.3, 0.4) is 0 Å². The Kier molecular flexibility index (Phi) is 4.50. The van der Waals surface area contributed by atoms with Gasteiger partial charge in [-0.25, -0.2) is 0 Å². The third kappa shape index (κ3) is 3.17. The maximum atomic E-state index is 9.23. The van der Waals surface area contributed by atoms with Crippen LogP contribution in [0.4, 0.5) is 5.69 Å². The largest absolute Gasteiger partial charge is 0.372 e. The van der Waals surface area contributed by atoms with Crippen LogP contribution in [0.2, 0.25) is 5.02 Å². The van der Waals surface area contributed by atoms with Gasteiger partial charge in [0, 0.05) is 10.2 Å². The molecule has 0 amide bonds. The summed E-state index contributed by atoms with van der Waals surface area (Å²) in [5.41, 5.74) is 0.862. The van der Waals surface area contributed by atoms with Gasteiger partial charge in [-0.15, -0.1) is 0 Å². The van der Waals surface area contributed by atoms with E-state index in [-0.39, 0.29) is 18.2 Å². The van der Waals surface area contributed by atoms with Gasteiger partial charge in [0.1, 0.15) is 6.04 Å². The molecule has 3 unspecified atom stereocenters. The van der Waals surface area contributed by atoms with Crippen molar-refractivity contribution in [2.24, 2.45) is 0 Å². The molecule has 1 aromatic rings. The fraction of sp³-hybridized carbons (Fsp3) is 0.462. The molecule has 18 heavy (non-hydrogen) atoms. The van der Waals surface area contributed by atoms with E-state index in [1.54, 1.807) is 6.07 Å². The van der Waals surface area contributed by atoms with Gasteiger partial charge in [-0.1, -0.05) is 11.6 Å². The van der Waals surface area contributed by atoms with Crippen molar-refractivity contribution in [1.82, 2.24) is 0 Å². The van der Waals surface area contributed by atoms with Crippen molar-refractivity contribution in [2.75, 3.05) is 5.32 Å². The number of rotatable bonds is 3. The molecule has 1 heterocycles. The van der Waals surface area contributed by atoms with E-state index >= 15 is 0 Å². The minimum Gasteiger partial charge on any atom is -0.372 e.